The zero-order valence-corrected chi connectivity index (χ0v) is 17.4. The molecule has 3 rings (SSSR count). The number of hydrogen-bond donors (Lipinski definition) is 2. The van der Waals surface area contributed by atoms with Gasteiger partial charge >= 0.3 is 6.18 Å². The number of rotatable bonds is 5. The molecule has 0 radical (unpaired) electrons. The van der Waals surface area contributed by atoms with Crippen molar-refractivity contribution in [3.05, 3.63) is 77.0 Å². The van der Waals surface area contributed by atoms with Crippen molar-refractivity contribution in [1.82, 2.24) is 10.3 Å². The molecule has 0 saturated carbocycles. The van der Waals surface area contributed by atoms with Crippen molar-refractivity contribution >= 4 is 5.91 Å². The molecule has 1 heterocycles. The Bertz CT molecular complexity index is 1180. The molecule has 32 heavy (non-hydrogen) atoms. The first-order valence-electron chi connectivity index (χ1n) is 9.74. The third-order valence-electron chi connectivity index (χ3n) is 4.83. The Morgan fingerprint density at radius 1 is 1.16 bits per heavy atom. The molecule has 0 fully saturated rings. The average Bonchev–Trinajstić information content (AvgIpc) is 2.78. The molecular weight excluding hydrogens is 419 g/mol. The van der Waals surface area contributed by atoms with Gasteiger partial charge in [-0.05, 0) is 67.4 Å². The smallest absolute Gasteiger partial charge is 0.394 e. The van der Waals surface area contributed by atoms with Crippen LogP contribution >= 0.6 is 0 Å². The number of aliphatic hydroxyl groups excluding tert-OH is 1. The highest BCUT2D eigenvalue weighted by Gasteiger charge is 2.31. The minimum Gasteiger partial charge on any atom is -0.394 e. The van der Waals surface area contributed by atoms with Crippen molar-refractivity contribution in [2.45, 2.75) is 26.1 Å². The van der Waals surface area contributed by atoms with Gasteiger partial charge in [-0.1, -0.05) is 6.07 Å². The second kappa shape index (κ2) is 9.20. The predicted molar refractivity (Wildman–Crippen MR) is 114 cm³/mol. The number of amides is 1. The zero-order valence-electron chi connectivity index (χ0n) is 17.4. The van der Waals surface area contributed by atoms with Crippen LogP contribution in [0.5, 0.6) is 0 Å². The Labute approximate surface area is 183 Å². The number of pyridine rings is 1. The van der Waals surface area contributed by atoms with Gasteiger partial charge < -0.3 is 10.4 Å². The van der Waals surface area contributed by atoms with Crippen molar-refractivity contribution < 1.29 is 23.1 Å². The summed E-state index contributed by atoms with van der Waals surface area (Å²) in [5.41, 5.74) is 1.59. The van der Waals surface area contributed by atoms with Gasteiger partial charge in [-0.25, -0.2) is 0 Å². The molecule has 5 nitrogen and oxygen atoms in total. The number of nitrogens with one attached hydrogen (secondary N) is 1. The average molecular weight is 439 g/mol. The summed E-state index contributed by atoms with van der Waals surface area (Å²) >= 11 is 0. The second-order valence-electron chi connectivity index (χ2n) is 7.45. The molecule has 8 heteroatoms. The molecule has 1 amide bonds. The SMILES string of the molecule is Cc1ccc(-c2cc(C(=O)N[C@@H](C)CO)cc(-c3cc(C(F)(F)F)ccc3C#N)c2)nc1. The van der Waals surface area contributed by atoms with E-state index >= 15 is 0 Å². The number of carbonyl (C=O) groups is 1. The molecule has 0 saturated heterocycles. The van der Waals surface area contributed by atoms with Gasteiger partial charge in [-0.15, -0.1) is 0 Å². The molecule has 0 spiro atoms. The first-order valence-corrected chi connectivity index (χ1v) is 9.74. The van der Waals surface area contributed by atoms with Crippen LogP contribution in [0, 0.1) is 18.3 Å². The lowest BCUT2D eigenvalue weighted by Crippen LogP contribution is -2.35. The van der Waals surface area contributed by atoms with Gasteiger partial charge in [0.25, 0.3) is 5.91 Å². The van der Waals surface area contributed by atoms with E-state index in [-0.39, 0.29) is 28.9 Å². The van der Waals surface area contributed by atoms with Crippen LogP contribution in [0.1, 0.15) is 34.0 Å². The van der Waals surface area contributed by atoms with Gasteiger partial charge in [0.15, 0.2) is 0 Å². The Balaban J connectivity index is 2.22. The Morgan fingerprint density at radius 3 is 2.47 bits per heavy atom. The third-order valence-corrected chi connectivity index (χ3v) is 4.83. The van der Waals surface area contributed by atoms with Crippen LogP contribution in [0.4, 0.5) is 13.2 Å². The van der Waals surface area contributed by atoms with E-state index in [4.69, 9.17) is 0 Å². The van der Waals surface area contributed by atoms with E-state index in [1.165, 1.54) is 6.07 Å². The lowest BCUT2D eigenvalue weighted by molar-refractivity contribution is -0.137. The molecule has 0 aliphatic rings. The van der Waals surface area contributed by atoms with E-state index < -0.39 is 23.7 Å². The Morgan fingerprint density at radius 2 is 1.88 bits per heavy atom. The first kappa shape index (κ1) is 23.0. The monoisotopic (exact) mass is 439 g/mol. The normalized spacial score (nSPS) is 12.2. The summed E-state index contributed by atoms with van der Waals surface area (Å²) in [7, 11) is 0. The van der Waals surface area contributed by atoms with Gasteiger partial charge in [0, 0.05) is 28.9 Å². The largest absolute Gasteiger partial charge is 0.416 e. The van der Waals surface area contributed by atoms with E-state index in [2.05, 4.69) is 10.3 Å². The summed E-state index contributed by atoms with van der Waals surface area (Å²) < 4.78 is 39.9. The van der Waals surface area contributed by atoms with Crippen LogP contribution in [-0.2, 0) is 6.18 Å². The number of aryl methyl sites for hydroxylation is 1. The number of carbonyl (C=O) groups excluding carboxylic acids is 1. The van der Waals surface area contributed by atoms with E-state index in [0.717, 1.165) is 23.8 Å². The second-order valence-corrected chi connectivity index (χ2v) is 7.45. The van der Waals surface area contributed by atoms with Crippen LogP contribution in [0.25, 0.3) is 22.4 Å². The number of nitrogens with zero attached hydrogens (tertiary/aromatic N) is 2. The van der Waals surface area contributed by atoms with E-state index in [9.17, 15) is 28.3 Å². The highest BCUT2D eigenvalue weighted by Crippen LogP contribution is 2.35. The highest BCUT2D eigenvalue weighted by molar-refractivity contribution is 5.97. The molecule has 1 aromatic heterocycles. The molecule has 164 valence electrons. The molecule has 3 aromatic rings. The number of hydrogen-bond acceptors (Lipinski definition) is 4. The molecule has 0 unspecified atom stereocenters. The summed E-state index contributed by atoms with van der Waals surface area (Å²) in [4.78, 5) is 17.1. The Kier molecular flexibility index (Phi) is 6.61. The fourth-order valence-electron chi connectivity index (χ4n) is 3.11. The van der Waals surface area contributed by atoms with Crippen LogP contribution in [-0.4, -0.2) is 28.6 Å². The maximum Gasteiger partial charge on any atom is 0.416 e. The fraction of sp³-hybridized carbons (Fsp3) is 0.208. The number of halogens is 3. The summed E-state index contributed by atoms with van der Waals surface area (Å²) in [5.74, 6) is -0.507. The van der Waals surface area contributed by atoms with Gasteiger partial charge in [0.2, 0.25) is 0 Å². The number of alkyl halides is 3. The molecule has 1 atom stereocenters. The van der Waals surface area contributed by atoms with Crippen molar-refractivity contribution in [3.63, 3.8) is 0 Å². The van der Waals surface area contributed by atoms with Crippen LogP contribution in [0.2, 0.25) is 0 Å². The summed E-state index contributed by atoms with van der Waals surface area (Å²) in [6, 6.07) is 12.4. The van der Waals surface area contributed by atoms with Gasteiger partial charge in [0.05, 0.1) is 29.5 Å². The molecule has 2 N–H and O–H groups in total. The van der Waals surface area contributed by atoms with Gasteiger partial charge in [-0.2, -0.15) is 18.4 Å². The topological polar surface area (TPSA) is 86.0 Å². The van der Waals surface area contributed by atoms with Crippen LogP contribution < -0.4 is 5.32 Å². The summed E-state index contributed by atoms with van der Waals surface area (Å²) in [5, 5.41) is 21.3. The maximum absolute atomic E-state index is 13.3. The molecular formula is C24H20F3N3O2. The minimum atomic E-state index is -4.59. The molecule has 0 aliphatic carbocycles. The molecule has 2 aromatic carbocycles. The predicted octanol–water partition coefficient (Wildman–Crippen LogP) is 4.73. The lowest BCUT2D eigenvalue weighted by Gasteiger charge is -2.15. The van der Waals surface area contributed by atoms with Crippen molar-refractivity contribution in [2.75, 3.05) is 6.61 Å². The number of nitriles is 1. The summed E-state index contributed by atoms with van der Waals surface area (Å²) in [6.45, 7) is 3.21. The standard InChI is InChI=1S/C24H20F3N3O2/c1-14-3-6-22(29-12-14)18-7-17(8-19(9-18)23(32)30-15(2)13-31)21-10-20(24(25,26)27)5-4-16(21)11-28/h3-10,12,15,31H,13H2,1-2H3,(H,30,32)/t15-/m0/s1. The fourth-order valence-corrected chi connectivity index (χ4v) is 3.11. The molecule has 0 bridgehead atoms. The minimum absolute atomic E-state index is 0.0436. The zero-order chi connectivity index (χ0) is 23.5. The third kappa shape index (κ3) is 5.13. The Hall–Kier alpha value is -3.70. The van der Waals surface area contributed by atoms with Crippen LogP contribution in [0.15, 0.2) is 54.7 Å². The van der Waals surface area contributed by atoms with Crippen molar-refractivity contribution in [3.8, 4) is 28.5 Å². The number of aromatic nitrogens is 1. The van der Waals surface area contributed by atoms with Crippen molar-refractivity contribution in [1.29, 1.82) is 5.26 Å². The number of aliphatic hydroxyl groups is 1. The van der Waals surface area contributed by atoms with Gasteiger partial charge in [0.1, 0.15) is 0 Å². The lowest BCUT2D eigenvalue weighted by atomic mass is 9.93. The van der Waals surface area contributed by atoms with E-state index in [0.29, 0.717) is 11.3 Å². The molecule has 0 aliphatic heterocycles. The first-order chi connectivity index (χ1) is 15.1. The van der Waals surface area contributed by atoms with Crippen molar-refractivity contribution in [2.24, 2.45) is 0 Å². The maximum atomic E-state index is 13.3. The summed E-state index contributed by atoms with van der Waals surface area (Å²) in [6.07, 6.45) is -2.95. The number of benzene rings is 2. The quantitative estimate of drug-likeness (QED) is 0.602. The van der Waals surface area contributed by atoms with E-state index in [1.807, 2.05) is 19.1 Å². The van der Waals surface area contributed by atoms with Crippen LogP contribution in [0.3, 0.4) is 0 Å². The van der Waals surface area contributed by atoms with Gasteiger partial charge in [-0.3, -0.25) is 9.78 Å². The highest BCUT2D eigenvalue weighted by atomic mass is 19.4. The van der Waals surface area contributed by atoms with E-state index in [1.54, 1.807) is 31.3 Å².